The number of benzene rings is 2. The van der Waals surface area contributed by atoms with Crippen LogP contribution in [-0.4, -0.2) is 0 Å². The Kier molecular flexibility index (Phi) is 1.86. The predicted octanol–water partition coefficient (Wildman–Crippen LogP) is 4.66. The Morgan fingerprint density at radius 2 is 1.93 bits per heavy atom. The summed E-state index contributed by atoms with van der Waals surface area (Å²) in [6.07, 6.45) is 0. The molecule has 0 N–H and O–H groups in total. The molecule has 15 heavy (non-hydrogen) atoms. The number of fused-ring (bicyclic) bond motifs is 3. The molecule has 0 atom stereocenters. The Bertz CT molecular complexity index is 652. The third-order valence-electron chi connectivity index (χ3n) is 2.60. The van der Waals surface area contributed by atoms with Gasteiger partial charge in [0.05, 0.1) is 4.47 Å². The van der Waals surface area contributed by atoms with E-state index in [-0.39, 0.29) is 0 Å². The zero-order valence-corrected chi connectivity index (χ0v) is 9.84. The normalized spacial score (nSPS) is 11.3. The van der Waals surface area contributed by atoms with Crippen molar-refractivity contribution in [3.05, 3.63) is 46.4 Å². The van der Waals surface area contributed by atoms with E-state index in [1.54, 1.807) is 0 Å². The molecule has 0 fully saturated rings. The second kappa shape index (κ2) is 3.11. The van der Waals surface area contributed by atoms with Gasteiger partial charge in [-0.05, 0) is 41.1 Å². The van der Waals surface area contributed by atoms with Crippen molar-refractivity contribution in [2.75, 3.05) is 0 Å². The molecule has 2 heteroatoms. The van der Waals surface area contributed by atoms with Crippen molar-refractivity contribution in [3.63, 3.8) is 0 Å². The van der Waals surface area contributed by atoms with Crippen LogP contribution in [0.25, 0.3) is 21.9 Å². The number of rotatable bonds is 0. The minimum absolute atomic E-state index is 0.929. The highest BCUT2D eigenvalue weighted by Gasteiger charge is 2.08. The van der Waals surface area contributed by atoms with Gasteiger partial charge < -0.3 is 4.42 Å². The number of aryl methyl sites for hydroxylation is 1. The largest absolute Gasteiger partial charge is 0.455 e. The van der Waals surface area contributed by atoms with Gasteiger partial charge in [0.2, 0.25) is 0 Å². The van der Waals surface area contributed by atoms with Crippen LogP contribution < -0.4 is 0 Å². The molecule has 2 aromatic carbocycles. The van der Waals surface area contributed by atoms with E-state index < -0.39 is 0 Å². The summed E-state index contributed by atoms with van der Waals surface area (Å²) in [5.74, 6) is 0. The van der Waals surface area contributed by atoms with Gasteiger partial charge in [0, 0.05) is 10.8 Å². The van der Waals surface area contributed by atoms with Crippen molar-refractivity contribution < 1.29 is 4.42 Å². The van der Waals surface area contributed by atoms with E-state index in [9.17, 15) is 0 Å². The van der Waals surface area contributed by atoms with E-state index in [2.05, 4.69) is 41.1 Å². The first-order valence-corrected chi connectivity index (χ1v) is 5.62. The number of para-hydroxylation sites is 1. The lowest BCUT2D eigenvalue weighted by Gasteiger charge is -1.91. The molecule has 0 aliphatic rings. The molecular weight excluding hydrogens is 252 g/mol. The van der Waals surface area contributed by atoms with Crippen molar-refractivity contribution in [2.24, 2.45) is 0 Å². The summed E-state index contributed by atoms with van der Waals surface area (Å²) in [5, 5.41) is 2.36. The van der Waals surface area contributed by atoms with Crippen molar-refractivity contribution in [3.8, 4) is 0 Å². The van der Waals surface area contributed by atoms with Crippen molar-refractivity contribution in [1.29, 1.82) is 0 Å². The molecule has 1 aromatic heterocycles. The second-order valence-electron chi connectivity index (χ2n) is 3.72. The topological polar surface area (TPSA) is 13.1 Å². The van der Waals surface area contributed by atoms with Gasteiger partial charge in [-0.2, -0.15) is 0 Å². The quantitative estimate of drug-likeness (QED) is 0.573. The summed E-state index contributed by atoms with van der Waals surface area (Å²) >= 11 is 3.50. The fourth-order valence-corrected chi connectivity index (χ4v) is 2.33. The van der Waals surface area contributed by atoms with Gasteiger partial charge in [-0.1, -0.05) is 23.8 Å². The average molecular weight is 261 g/mol. The van der Waals surface area contributed by atoms with Crippen molar-refractivity contribution >= 4 is 37.9 Å². The standard InChI is InChI=1S/C13H9BrO/c1-8-5-6-12-10(7-8)9-3-2-4-11(14)13(9)15-12/h2-7H,1H3. The fourth-order valence-electron chi connectivity index (χ4n) is 1.88. The monoisotopic (exact) mass is 260 g/mol. The number of hydrogen-bond acceptors (Lipinski definition) is 1. The van der Waals surface area contributed by atoms with Gasteiger partial charge in [0.25, 0.3) is 0 Å². The molecule has 3 rings (SSSR count). The molecule has 0 aliphatic heterocycles. The Balaban J connectivity index is 2.58. The van der Waals surface area contributed by atoms with Crippen LogP contribution in [0.4, 0.5) is 0 Å². The Hall–Kier alpha value is -1.28. The van der Waals surface area contributed by atoms with Gasteiger partial charge in [-0.25, -0.2) is 0 Å². The second-order valence-corrected chi connectivity index (χ2v) is 4.57. The zero-order valence-electron chi connectivity index (χ0n) is 8.25. The molecule has 0 unspecified atom stereocenters. The van der Waals surface area contributed by atoms with Crippen LogP contribution in [0.15, 0.2) is 45.3 Å². The summed E-state index contributed by atoms with van der Waals surface area (Å²) in [5.41, 5.74) is 3.13. The average Bonchev–Trinajstić information content (AvgIpc) is 2.58. The van der Waals surface area contributed by atoms with Crippen LogP contribution in [-0.2, 0) is 0 Å². The lowest BCUT2D eigenvalue weighted by molar-refractivity contribution is 0.666. The van der Waals surface area contributed by atoms with Crippen LogP contribution in [0, 0.1) is 6.92 Å². The van der Waals surface area contributed by atoms with E-state index in [0.717, 1.165) is 15.6 Å². The zero-order chi connectivity index (χ0) is 10.4. The molecule has 1 nitrogen and oxygen atoms in total. The molecule has 0 bridgehead atoms. The minimum Gasteiger partial charge on any atom is -0.455 e. The molecule has 0 radical (unpaired) electrons. The molecule has 0 saturated carbocycles. The van der Waals surface area contributed by atoms with E-state index in [4.69, 9.17) is 4.42 Å². The summed E-state index contributed by atoms with van der Waals surface area (Å²) in [6.45, 7) is 2.09. The van der Waals surface area contributed by atoms with Crippen molar-refractivity contribution in [1.82, 2.24) is 0 Å². The van der Waals surface area contributed by atoms with E-state index in [1.807, 2.05) is 18.2 Å². The highest BCUT2D eigenvalue weighted by atomic mass is 79.9. The summed E-state index contributed by atoms with van der Waals surface area (Å²) in [4.78, 5) is 0. The first-order chi connectivity index (χ1) is 7.25. The lowest BCUT2D eigenvalue weighted by atomic mass is 10.1. The first-order valence-electron chi connectivity index (χ1n) is 4.83. The van der Waals surface area contributed by atoms with E-state index >= 15 is 0 Å². The van der Waals surface area contributed by atoms with Crippen LogP contribution in [0.1, 0.15) is 5.56 Å². The molecule has 3 aromatic rings. The van der Waals surface area contributed by atoms with Crippen LogP contribution >= 0.6 is 15.9 Å². The van der Waals surface area contributed by atoms with Crippen LogP contribution in [0.3, 0.4) is 0 Å². The Labute approximate surface area is 95.8 Å². The maximum atomic E-state index is 5.79. The molecule has 0 saturated heterocycles. The Morgan fingerprint density at radius 1 is 1.07 bits per heavy atom. The Morgan fingerprint density at radius 3 is 2.80 bits per heavy atom. The molecule has 1 heterocycles. The van der Waals surface area contributed by atoms with E-state index in [1.165, 1.54) is 16.3 Å². The van der Waals surface area contributed by atoms with E-state index in [0.29, 0.717) is 0 Å². The summed E-state index contributed by atoms with van der Waals surface area (Å²) < 4.78 is 6.80. The molecule has 0 amide bonds. The third kappa shape index (κ3) is 1.29. The molecule has 0 spiro atoms. The van der Waals surface area contributed by atoms with Gasteiger partial charge >= 0.3 is 0 Å². The smallest absolute Gasteiger partial charge is 0.149 e. The van der Waals surface area contributed by atoms with Gasteiger partial charge in [0.1, 0.15) is 11.2 Å². The van der Waals surface area contributed by atoms with Crippen LogP contribution in [0.5, 0.6) is 0 Å². The lowest BCUT2D eigenvalue weighted by Crippen LogP contribution is -1.70. The fraction of sp³-hybridized carbons (Fsp3) is 0.0769. The molecular formula is C13H9BrO. The van der Waals surface area contributed by atoms with Gasteiger partial charge in [0.15, 0.2) is 0 Å². The minimum atomic E-state index is 0.929. The van der Waals surface area contributed by atoms with Crippen molar-refractivity contribution in [2.45, 2.75) is 6.92 Å². The summed E-state index contributed by atoms with van der Waals surface area (Å²) in [7, 11) is 0. The third-order valence-corrected chi connectivity index (χ3v) is 3.23. The predicted molar refractivity (Wildman–Crippen MR) is 66.2 cm³/mol. The number of halogens is 1. The SMILES string of the molecule is Cc1ccc2oc3c(Br)cccc3c2c1. The van der Waals surface area contributed by atoms with Gasteiger partial charge in [-0.15, -0.1) is 0 Å². The first kappa shape index (κ1) is 8.98. The van der Waals surface area contributed by atoms with Gasteiger partial charge in [-0.3, -0.25) is 0 Å². The number of furan rings is 1. The maximum Gasteiger partial charge on any atom is 0.149 e. The maximum absolute atomic E-state index is 5.79. The molecule has 0 aliphatic carbocycles. The molecule has 74 valence electrons. The highest BCUT2D eigenvalue weighted by Crippen LogP contribution is 2.33. The summed E-state index contributed by atoms with van der Waals surface area (Å²) in [6, 6.07) is 12.4. The van der Waals surface area contributed by atoms with Crippen LogP contribution in [0.2, 0.25) is 0 Å². The highest BCUT2D eigenvalue weighted by molar-refractivity contribution is 9.10. The number of hydrogen-bond donors (Lipinski definition) is 0.